The summed E-state index contributed by atoms with van der Waals surface area (Å²) in [5, 5.41) is 10.0. The largest absolute Gasteiger partial charge is 0.507 e. The fourth-order valence-electron chi connectivity index (χ4n) is 2.81. The summed E-state index contributed by atoms with van der Waals surface area (Å²) in [6.45, 7) is 1.81. The van der Waals surface area contributed by atoms with Crippen LogP contribution in [0.3, 0.4) is 0 Å². The highest BCUT2D eigenvalue weighted by molar-refractivity contribution is 6.16. The number of phenolic OH excluding ortho intramolecular Hbond substituents is 1. The summed E-state index contributed by atoms with van der Waals surface area (Å²) < 4.78 is 21.6. The first-order chi connectivity index (χ1) is 12.0. The summed E-state index contributed by atoms with van der Waals surface area (Å²) in [6.07, 6.45) is 1.55. The minimum Gasteiger partial charge on any atom is -0.507 e. The number of ketones is 1. The molecule has 2 aromatic rings. The van der Waals surface area contributed by atoms with E-state index in [-0.39, 0.29) is 22.9 Å². The molecule has 0 aliphatic carbocycles. The van der Waals surface area contributed by atoms with E-state index in [9.17, 15) is 9.90 Å². The number of ether oxygens (including phenoxy) is 4. The van der Waals surface area contributed by atoms with E-state index in [4.69, 9.17) is 18.9 Å². The minimum atomic E-state index is -0.385. The van der Waals surface area contributed by atoms with E-state index in [0.717, 1.165) is 5.56 Å². The van der Waals surface area contributed by atoms with Crippen molar-refractivity contribution in [1.82, 2.24) is 0 Å². The quantitative estimate of drug-likeness (QED) is 0.859. The van der Waals surface area contributed by atoms with Gasteiger partial charge in [-0.05, 0) is 42.8 Å². The monoisotopic (exact) mass is 342 g/mol. The number of allylic oxidation sites excluding steroid dienone is 1. The molecule has 0 saturated heterocycles. The first-order valence-corrected chi connectivity index (χ1v) is 7.57. The number of phenols is 1. The van der Waals surface area contributed by atoms with Crippen LogP contribution in [0.25, 0.3) is 6.08 Å². The number of rotatable bonds is 4. The van der Waals surface area contributed by atoms with Gasteiger partial charge in [0.05, 0.1) is 21.3 Å². The summed E-state index contributed by atoms with van der Waals surface area (Å²) >= 11 is 0. The first kappa shape index (κ1) is 16.7. The molecule has 6 nitrogen and oxygen atoms in total. The molecule has 2 aromatic carbocycles. The molecule has 0 radical (unpaired) electrons. The molecular weight excluding hydrogens is 324 g/mol. The lowest BCUT2D eigenvalue weighted by molar-refractivity contribution is 0.101. The number of carbonyl (C=O) groups is 1. The summed E-state index contributed by atoms with van der Waals surface area (Å²) in [7, 11) is 4.53. The van der Waals surface area contributed by atoms with Gasteiger partial charge in [0.25, 0.3) is 0 Å². The molecule has 25 heavy (non-hydrogen) atoms. The van der Waals surface area contributed by atoms with E-state index in [2.05, 4.69) is 0 Å². The number of aryl methyl sites for hydroxylation is 1. The first-order valence-electron chi connectivity index (χ1n) is 7.57. The van der Waals surface area contributed by atoms with Crippen molar-refractivity contribution in [3.63, 3.8) is 0 Å². The van der Waals surface area contributed by atoms with Crippen LogP contribution in [-0.2, 0) is 0 Å². The van der Waals surface area contributed by atoms with Crippen molar-refractivity contribution in [2.45, 2.75) is 6.92 Å². The van der Waals surface area contributed by atoms with Crippen LogP contribution in [0.1, 0.15) is 21.5 Å². The van der Waals surface area contributed by atoms with Crippen molar-refractivity contribution in [2.24, 2.45) is 0 Å². The number of Topliss-reactive ketones (excluding diaryl/α,β-unsaturated/α-hetero) is 1. The second-order valence-electron chi connectivity index (χ2n) is 5.52. The molecular formula is C19H18O6. The van der Waals surface area contributed by atoms with E-state index in [0.29, 0.717) is 28.6 Å². The Bertz CT molecular complexity index is 882. The van der Waals surface area contributed by atoms with Crippen LogP contribution in [0, 0.1) is 6.92 Å². The van der Waals surface area contributed by atoms with Crippen molar-refractivity contribution in [3.05, 3.63) is 46.7 Å². The molecule has 1 N–H and O–H groups in total. The molecule has 130 valence electrons. The van der Waals surface area contributed by atoms with Crippen LogP contribution in [-0.4, -0.2) is 32.2 Å². The number of hydrogen-bond acceptors (Lipinski definition) is 6. The summed E-state index contributed by atoms with van der Waals surface area (Å²) in [4.78, 5) is 12.6. The lowest BCUT2D eigenvalue weighted by Crippen LogP contribution is -2.00. The van der Waals surface area contributed by atoms with Crippen LogP contribution >= 0.6 is 0 Å². The Hall–Kier alpha value is -3.15. The Morgan fingerprint density at radius 3 is 2.40 bits per heavy atom. The predicted octanol–water partition coefficient (Wildman–Crippen LogP) is 3.34. The maximum atomic E-state index is 12.6. The number of methoxy groups -OCH3 is 3. The van der Waals surface area contributed by atoms with Crippen molar-refractivity contribution >= 4 is 11.9 Å². The molecule has 0 unspecified atom stereocenters. The normalized spacial score (nSPS) is 14.2. The van der Waals surface area contributed by atoms with E-state index in [1.807, 2.05) is 6.92 Å². The highest BCUT2D eigenvalue weighted by Gasteiger charge is 2.31. The molecule has 0 atom stereocenters. The van der Waals surface area contributed by atoms with Gasteiger partial charge < -0.3 is 24.1 Å². The molecule has 0 spiro atoms. The highest BCUT2D eigenvalue weighted by Crippen LogP contribution is 2.43. The van der Waals surface area contributed by atoms with Gasteiger partial charge in [-0.3, -0.25) is 4.79 Å². The molecule has 1 heterocycles. The standard InChI is InChI=1S/C19H18O6/c1-10-7-12(20)16-14(8-10)25-15(17(16)21)9-11-5-6-13(22-2)19(24-4)18(11)23-3/h5-9,20H,1-4H3/b15-9-. The van der Waals surface area contributed by atoms with Crippen molar-refractivity contribution in [1.29, 1.82) is 0 Å². The van der Waals surface area contributed by atoms with Gasteiger partial charge in [0.1, 0.15) is 17.1 Å². The molecule has 3 rings (SSSR count). The van der Waals surface area contributed by atoms with Crippen LogP contribution < -0.4 is 18.9 Å². The third-order valence-electron chi connectivity index (χ3n) is 3.92. The smallest absolute Gasteiger partial charge is 0.235 e. The zero-order chi connectivity index (χ0) is 18.1. The zero-order valence-electron chi connectivity index (χ0n) is 14.4. The molecule has 0 aromatic heterocycles. The van der Waals surface area contributed by atoms with Crippen LogP contribution in [0.4, 0.5) is 0 Å². The number of fused-ring (bicyclic) bond motifs is 1. The van der Waals surface area contributed by atoms with E-state index >= 15 is 0 Å². The Kier molecular flexibility index (Phi) is 4.27. The minimum absolute atomic E-state index is 0.0947. The van der Waals surface area contributed by atoms with Gasteiger partial charge >= 0.3 is 0 Å². The van der Waals surface area contributed by atoms with Crippen LogP contribution in [0.5, 0.6) is 28.7 Å². The van der Waals surface area contributed by atoms with Gasteiger partial charge in [-0.2, -0.15) is 0 Å². The molecule has 0 amide bonds. The molecule has 1 aliphatic rings. The number of carbonyl (C=O) groups excluding carboxylic acids is 1. The maximum Gasteiger partial charge on any atom is 0.235 e. The molecule has 1 aliphatic heterocycles. The molecule has 6 heteroatoms. The Morgan fingerprint density at radius 2 is 1.76 bits per heavy atom. The van der Waals surface area contributed by atoms with Gasteiger partial charge in [0, 0.05) is 5.56 Å². The van der Waals surface area contributed by atoms with E-state index < -0.39 is 0 Å². The number of benzene rings is 2. The van der Waals surface area contributed by atoms with Gasteiger partial charge in [-0.15, -0.1) is 0 Å². The molecule has 0 saturated carbocycles. The fourth-order valence-corrected chi connectivity index (χ4v) is 2.81. The second kappa shape index (κ2) is 6.39. The summed E-state index contributed by atoms with van der Waals surface area (Å²) in [5.74, 6) is 1.31. The third kappa shape index (κ3) is 2.76. The van der Waals surface area contributed by atoms with Crippen LogP contribution in [0.15, 0.2) is 30.0 Å². The highest BCUT2D eigenvalue weighted by atomic mass is 16.5. The molecule has 0 fully saturated rings. The van der Waals surface area contributed by atoms with Crippen molar-refractivity contribution < 1.29 is 28.8 Å². The Morgan fingerprint density at radius 1 is 1.04 bits per heavy atom. The van der Waals surface area contributed by atoms with E-state index in [1.54, 1.807) is 24.3 Å². The van der Waals surface area contributed by atoms with Gasteiger partial charge in [-0.25, -0.2) is 0 Å². The summed E-state index contributed by atoms with van der Waals surface area (Å²) in [6, 6.07) is 6.68. The maximum absolute atomic E-state index is 12.6. The second-order valence-corrected chi connectivity index (χ2v) is 5.52. The SMILES string of the molecule is COc1ccc(/C=C2\Oc3cc(C)cc(O)c3C2=O)c(OC)c1OC. The van der Waals surface area contributed by atoms with Gasteiger partial charge in [0.15, 0.2) is 17.3 Å². The van der Waals surface area contributed by atoms with Crippen molar-refractivity contribution in [2.75, 3.05) is 21.3 Å². The van der Waals surface area contributed by atoms with Gasteiger partial charge in [-0.1, -0.05) is 0 Å². The number of hydrogen-bond donors (Lipinski definition) is 1. The average Bonchev–Trinajstić information content (AvgIpc) is 2.89. The third-order valence-corrected chi connectivity index (χ3v) is 3.92. The predicted molar refractivity (Wildman–Crippen MR) is 91.9 cm³/mol. The Labute approximate surface area is 145 Å². The lowest BCUT2D eigenvalue weighted by atomic mass is 10.1. The van der Waals surface area contributed by atoms with Gasteiger partial charge in [0.2, 0.25) is 11.5 Å². The molecule has 0 bridgehead atoms. The summed E-state index contributed by atoms with van der Waals surface area (Å²) in [5.41, 5.74) is 1.55. The van der Waals surface area contributed by atoms with Crippen LogP contribution in [0.2, 0.25) is 0 Å². The zero-order valence-corrected chi connectivity index (χ0v) is 14.4. The lowest BCUT2D eigenvalue weighted by Gasteiger charge is -2.14. The fraction of sp³-hybridized carbons (Fsp3) is 0.211. The van der Waals surface area contributed by atoms with E-state index in [1.165, 1.54) is 27.4 Å². The number of aromatic hydroxyl groups is 1. The Balaban J connectivity index is 2.08. The average molecular weight is 342 g/mol. The topological polar surface area (TPSA) is 74.2 Å². The van der Waals surface area contributed by atoms with Crippen molar-refractivity contribution in [3.8, 4) is 28.7 Å².